The summed E-state index contributed by atoms with van der Waals surface area (Å²) < 4.78 is 27.5. The molecule has 6 heteroatoms. The lowest BCUT2D eigenvalue weighted by Crippen LogP contribution is -2.37. The van der Waals surface area contributed by atoms with E-state index in [9.17, 15) is 4.57 Å². The quantitative estimate of drug-likeness (QED) is 0.480. The van der Waals surface area contributed by atoms with Crippen LogP contribution in [-0.2, 0) is 18.1 Å². The van der Waals surface area contributed by atoms with Crippen LogP contribution in [0, 0.1) is 0 Å². The SMILES string of the molecule is CCCOP(=O)(OC)OCC[N+](C)(C)C. The number of hydrogen-bond acceptors (Lipinski definition) is 4. The molecule has 0 aromatic rings. The third-order valence-corrected chi connectivity index (χ3v) is 3.13. The Bertz CT molecular complexity index is 215. The number of nitrogens with zero attached hydrogens (tertiary/aromatic N) is 1. The van der Waals surface area contributed by atoms with Crippen LogP contribution in [0.4, 0.5) is 0 Å². The van der Waals surface area contributed by atoms with E-state index in [0.717, 1.165) is 17.4 Å². The second kappa shape index (κ2) is 6.61. The normalized spacial score (nSPS) is 16.3. The van der Waals surface area contributed by atoms with Gasteiger partial charge in [0.1, 0.15) is 13.2 Å². The average molecular weight is 240 g/mol. The standard InChI is InChI=1S/C9H23NO4P/c1-6-8-13-15(11,12-5)14-9-7-10(2,3)4/h6-9H2,1-5H3/q+1. The number of quaternary nitrogens is 1. The first kappa shape index (κ1) is 15.1. The van der Waals surface area contributed by atoms with Crippen LogP contribution in [0.2, 0.25) is 0 Å². The Morgan fingerprint density at radius 3 is 2.07 bits per heavy atom. The van der Waals surface area contributed by atoms with E-state index in [1.165, 1.54) is 7.11 Å². The highest BCUT2D eigenvalue weighted by Gasteiger charge is 2.25. The van der Waals surface area contributed by atoms with Crippen molar-refractivity contribution in [2.75, 3.05) is 48.0 Å². The maximum absolute atomic E-state index is 11.8. The van der Waals surface area contributed by atoms with Gasteiger partial charge in [0.15, 0.2) is 0 Å². The molecule has 15 heavy (non-hydrogen) atoms. The van der Waals surface area contributed by atoms with Crippen molar-refractivity contribution >= 4 is 7.82 Å². The van der Waals surface area contributed by atoms with Gasteiger partial charge in [0.05, 0.1) is 27.7 Å². The number of phosphoric ester groups is 1. The first-order valence-corrected chi connectivity index (χ1v) is 6.54. The number of likely N-dealkylation sites (N-methyl/N-ethyl adjacent to an activating group) is 1. The molecule has 0 aliphatic carbocycles. The summed E-state index contributed by atoms with van der Waals surface area (Å²) >= 11 is 0. The van der Waals surface area contributed by atoms with Crippen LogP contribution < -0.4 is 0 Å². The van der Waals surface area contributed by atoms with Crippen LogP contribution in [-0.4, -0.2) is 52.5 Å². The highest BCUT2D eigenvalue weighted by atomic mass is 31.2. The molecule has 1 unspecified atom stereocenters. The molecular weight excluding hydrogens is 217 g/mol. The Balaban J connectivity index is 3.93. The molecule has 0 N–H and O–H groups in total. The average Bonchev–Trinajstić information content (AvgIpc) is 2.13. The maximum atomic E-state index is 11.8. The zero-order valence-electron chi connectivity index (χ0n) is 10.4. The van der Waals surface area contributed by atoms with E-state index in [2.05, 4.69) is 0 Å². The largest absolute Gasteiger partial charge is 0.474 e. The van der Waals surface area contributed by atoms with Gasteiger partial charge in [-0.15, -0.1) is 0 Å². The van der Waals surface area contributed by atoms with E-state index in [0.29, 0.717) is 13.2 Å². The molecule has 0 bridgehead atoms. The molecule has 0 saturated carbocycles. The summed E-state index contributed by atoms with van der Waals surface area (Å²) in [5.74, 6) is 0. The van der Waals surface area contributed by atoms with Crippen molar-refractivity contribution in [2.24, 2.45) is 0 Å². The second-order valence-corrected chi connectivity index (χ2v) is 6.09. The Kier molecular flexibility index (Phi) is 6.64. The van der Waals surface area contributed by atoms with Crippen LogP contribution in [0.25, 0.3) is 0 Å². The molecule has 0 rings (SSSR count). The molecule has 0 aromatic carbocycles. The van der Waals surface area contributed by atoms with E-state index in [1.807, 2.05) is 28.1 Å². The van der Waals surface area contributed by atoms with Crippen molar-refractivity contribution in [3.63, 3.8) is 0 Å². The van der Waals surface area contributed by atoms with Crippen molar-refractivity contribution in [3.05, 3.63) is 0 Å². The van der Waals surface area contributed by atoms with E-state index in [1.54, 1.807) is 0 Å². The topological polar surface area (TPSA) is 44.8 Å². The number of phosphoric acid groups is 1. The molecule has 5 nitrogen and oxygen atoms in total. The monoisotopic (exact) mass is 240 g/mol. The lowest BCUT2D eigenvalue weighted by Gasteiger charge is -2.24. The maximum Gasteiger partial charge on any atom is 0.474 e. The van der Waals surface area contributed by atoms with Gasteiger partial charge in [-0.25, -0.2) is 4.57 Å². The summed E-state index contributed by atoms with van der Waals surface area (Å²) in [6.07, 6.45) is 0.784. The fourth-order valence-electron chi connectivity index (χ4n) is 0.772. The Morgan fingerprint density at radius 1 is 1.13 bits per heavy atom. The summed E-state index contributed by atoms with van der Waals surface area (Å²) in [6, 6.07) is 0. The van der Waals surface area contributed by atoms with Gasteiger partial charge in [-0.05, 0) is 6.42 Å². The third-order valence-electron chi connectivity index (χ3n) is 1.69. The molecule has 0 amide bonds. The van der Waals surface area contributed by atoms with Gasteiger partial charge < -0.3 is 4.48 Å². The Hall–Kier alpha value is 0.0700. The summed E-state index contributed by atoms with van der Waals surface area (Å²) in [5, 5.41) is 0. The van der Waals surface area contributed by atoms with Crippen LogP contribution in [0.5, 0.6) is 0 Å². The van der Waals surface area contributed by atoms with E-state index in [4.69, 9.17) is 13.6 Å². The summed E-state index contributed by atoms with van der Waals surface area (Å²) in [4.78, 5) is 0. The van der Waals surface area contributed by atoms with Gasteiger partial charge in [0.2, 0.25) is 0 Å². The highest BCUT2D eigenvalue weighted by molar-refractivity contribution is 7.48. The van der Waals surface area contributed by atoms with Gasteiger partial charge in [-0.1, -0.05) is 6.92 Å². The minimum atomic E-state index is -3.31. The molecule has 0 aromatic heterocycles. The highest BCUT2D eigenvalue weighted by Crippen LogP contribution is 2.48. The zero-order chi connectivity index (χ0) is 11.9. The molecule has 0 fully saturated rings. The lowest BCUT2D eigenvalue weighted by molar-refractivity contribution is -0.870. The Morgan fingerprint density at radius 2 is 1.67 bits per heavy atom. The minimum absolute atomic E-state index is 0.359. The fourth-order valence-corrected chi connectivity index (χ4v) is 1.77. The van der Waals surface area contributed by atoms with Crippen LogP contribution in [0.3, 0.4) is 0 Å². The molecule has 0 spiro atoms. The predicted octanol–water partition coefficient (Wildman–Crippen LogP) is 1.89. The molecule has 0 saturated heterocycles. The van der Waals surface area contributed by atoms with Gasteiger partial charge in [0.25, 0.3) is 0 Å². The van der Waals surface area contributed by atoms with Crippen LogP contribution in [0.15, 0.2) is 0 Å². The van der Waals surface area contributed by atoms with Gasteiger partial charge >= 0.3 is 7.82 Å². The summed E-state index contributed by atoms with van der Waals surface area (Å²) in [7, 11) is 4.13. The van der Waals surface area contributed by atoms with Gasteiger partial charge in [-0.3, -0.25) is 13.6 Å². The molecule has 1 atom stereocenters. The lowest BCUT2D eigenvalue weighted by atomic mass is 10.5. The number of hydrogen-bond donors (Lipinski definition) is 0. The first-order valence-electron chi connectivity index (χ1n) is 5.08. The zero-order valence-corrected chi connectivity index (χ0v) is 11.3. The molecular formula is C9H23NO4P+. The van der Waals surface area contributed by atoms with Crippen molar-refractivity contribution in [1.29, 1.82) is 0 Å². The van der Waals surface area contributed by atoms with E-state index < -0.39 is 7.82 Å². The van der Waals surface area contributed by atoms with Crippen molar-refractivity contribution in [2.45, 2.75) is 13.3 Å². The third kappa shape index (κ3) is 7.94. The van der Waals surface area contributed by atoms with Gasteiger partial charge in [-0.2, -0.15) is 0 Å². The van der Waals surface area contributed by atoms with Crippen molar-refractivity contribution in [3.8, 4) is 0 Å². The first-order chi connectivity index (χ1) is 6.83. The fraction of sp³-hybridized carbons (Fsp3) is 1.00. The summed E-state index contributed by atoms with van der Waals surface area (Å²) in [5.41, 5.74) is 0. The number of rotatable bonds is 8. The van der Waals surface area contributed by atoms with Gasteiger partial charge in [0, 0.05) is 7.11 Å². The van der Waals surface area contributed by atoms with Crippen LogP contribution in [0.1, 0.15) is 13.3 Å². The van der Waals surface area contributed by atoms with Crippen molar-refractivity contribution < 1.29 is 22.6 Å². The van der Waals surface area contributed by atoms with E-state index >= 15 is 0 Å². The molecule has 0 heterocycles. The molecule has 0 aliphatic rings. The van der Waals surface area contributed by atoms with Crippen molar-refractivity contribution in [1.82, 2.24) is 0 Å². The van der Waals surface area contributed by atoms with E-state index in [-0.39, 0.29) is 0 Å². The Labute approximate surface area is 92.5 Å². The smallest absolute Gasteiger partial charge is 0.329 e. The molecule has 0 aliphatic heterocycles. The van der Waals surface area contributed by atoms with Crippen LogP contribution >= 0.6 is 7.82 Å². The predicted molar refractivity (Wildman–Crippen MR) is 59.7 cm³/mol. The molecule has 92 valence electrons. The summed E-state index contributed by atoms with van der Waals surface area (Å²) in [6.45, 7) is 3.43. The minimum Gasteiger partial charge on any atom is -0.329 e. The second-order valence-electron chi connectivity index (χ2n) is 4.31. The molecule has 0 radical (unpaired) electrons.